The number of carbonyl (C=O) groups is 1. The SMILES string of the molecule is Cc1nc2ccc(C(=O)NCc3ccn(C)c3)cc2nc1C. The van der Waals surface area contributed by atoms with E-state index in [0.29, 0.717) is 12.1 Å². The van der Waals surface area contributed by atoms with Crippen molar-refractivity contribution in [1.82, 2.24) is 19.9 Å². The van der Waals surface area contributed by atoms with Gasteiger partial charge in [-0.15, -0.1) is 0 Å². The molecule has 2 heterocycles. The maximum Gasteiger partial charge on any atom is 0.251 e. The van der Waals surface area contributed by atoms with E-state index in [-0.39, 0.29) is 5.91 Å². The predicted octanol–water partition coefficient (Wildman–Crippen LogP) is 2.52. The minimum Gasteiger partial charge on any atom is -0.357 e. The second-order valence-electron chi connectivity index (χ2n) is 5.47. The minimum absolute atomic E-state index is 0.106. The highest BCUT2D eigenvalue weighted by Gasteiger charge is 2.09. The van der Waals surface area contributed by atoms with E-state index in [2.05, 4.69) is 15.3 Å². The number of aryl methyl sites for hydroxylation is 3. The summed E-state index contributed by atoms with van der Waals surface area (Å²) in [5, 5.41) is 2.92. The van der Waals surface area contributed by atoms with Crippen molar-refractivity contribution in [3.05, 3.63) is 59.2 Å². The molecule has 5 heteroatoms. The van der Waals surface area contributed by atoms with Gasteiger partial charge in [-0.1, -0.05) is 0 Å². The van der Waals surface area contributed by atoms with Crippen LogP contribution in [0, 0.1) is 13.8 Å². The lowest BCUT2D eigenvalue weighted by atomic mass is 10.1. The molecule has 112 valence electrons. The van der Waals surface area contributed by atoms with Gasteiger partial charge in [0.2, 0.25) is 0 Å². The highest BCUT2D eigenvalue weighted by molar-refractivity contribution is 5.97. The predicted molar refractivity (Wildman–Crippen MR) is 85.6 cm³/mol. The van der Waals surface area contributed by atoms with Crippen LogP contribution < -0.4 is 5.32 Å². The molecule has 0 aliphatic rings. The zero-order valence-electron chi connectivity index (χ0n) is 12.9. The minimum atomic E-state index is -0.106. The van der Waals surface area contributed by atoms with E-state index < -0.39 is 0 Å². The lowest BCUT2D eigenvalue weighted by Crippen LogP contribution is -2.22. The summed E-state index contributed by atoms with van der Waals surface area (Å²) < 4.78 is 1.96. The fraction of sp³-hybridized carbons (Fsp3) is 0.235. The summed E-state index contributed by atoms with van der Waals surface area (Å²) in [5.74, 6) is -0.106. The highest BCUT2D eigenvalue weighted by atomic mass is 16.1. The van der Waals surface area contributed by atoms with Gasteiger partial charge in [-0.25, -0.2) is 9.97 Å². The number of fused-ring (bicyclic) bond motifs is 1. The number of hydrogen-bond donors (Lipinski definition) is 1. The molecular weight excluding hydrogens is 276 g/mol. The normalized spacial score (nSPS) is 10.9. The quantitative estimate of drug-likeness (QED) is 0.807. The van der Waals surface area contributed by atoms with Crippen LogP contribution in [0.2, 0.25) is 0 Å². The van der Waals surface area contributed by atoms with E-state index >= 15 is 0 Å². The van der Waals surface area contributed by atoms with Gasteiger partial charge >= 0.3 is 0 Å². The fourth-order valence-electron chi connectivity index (χ4n) is 2.32. The third-order valence-corrected chi connectivity index (χ3v) is 3.68. The summed E-state index contributed by atoms with van der Waals surface area (Å²) in [6, 6.07) is 7.39. The molecule has 0 radical (unpaired) electrons. The lowest BCUT2D eigenvalue weighted by molar-refractivity contribution is 0.0951. The van der Waals surface area contributed by atoms with E-state index in [1.165, 1.54) is 0 Å². The largest absolute Gasteiger partial charge is 0.357 e. The summed E-state index contributed by atoms with van der Waals surface area (Å²) in [6.07, 6.45) is 3.94. The second kappa shape index (κ2) is 5.60. The molecule has 3 rings (SSSR count). The van der Waals surface area contributed by atoms with Crippen LogP contribution >= 0.6 is 0 Å². The molecule has 2 aromatic heterocycles. The third kappa shape index (κ3) is 2.83. The van der Waals surface area contributed by atoms with Crippen molar-refractivity contribution in [2.75, 3.05) is 0 Å². The number of nitrogens with zero attached hydrogens (tertiary/aromatic N) is 3. The summed E-state index contributed by atoms with van der Waals surface area (Å²) in [4.78, 5) is 21.2. The molecule has 0 unspecified atom stereocenters. The molecule has 0 saturated carbocycles. The number of hydrogen-bond acceptors (Lipinski definition) is 3. The number of benzene rings is 1. The first-order valence-electron chi connectivity index (χ1n) is 7.17. The van der Waals surface area contributed by atoms with E-state index in [1.807, 2.05) is 50.0 Å². The van der Waals surface area contributed by atoms with Crippen LogP contribution in [-0.4, -0.2) is 20.4 Å². The number of carbonyl (C=O) groups excluding carboxylic acids is 1. The number of nitrogens with one attached hydrogen (secondary N) is 1. The van der Waals surface area contributed by atoms with Gasteiger partial charge in [0.05, 0.1) is 22.4 Å². The van der Waals surface area contributed by atoms with Gasteiger partial charge in [0.1, 0.15) is 0 Å². The maximum atomic E-state index is 12.3. The lowest BCUT2D eigenvalue weighted by Gasteiger charge is -2.06. The molecule has 1 aromatic carbocycles. The Morgan fingerprint density at radius 3 is 2.55 bits per heavy atom. The molecule has 0 aliphatic heterocycles. The maximum absolute atomic E-state index is 12.3. The Kier molecular flexibility index (Phi) is 3.63. The smallest absolute Gasteiger partial charge is 0.251 e. The van der Waals surface area contributed by atoms with Crippen LogP contribution in [0.3, 0.4) is 0 Å². The van der Waals surface area contributed by atoms with Crippen LogP contribution in [0.4, 0.5) is 0 Å². The van der Waals surface area contributed by atoms with E-state index in [4.69, 9.17) is 0 Å². The van der Waals surface area contributed by atoms with Gasteiger partial charge in [-0.3, -0.25) is 4.79 Å². The van der Waals surface area contributed by atoms with Gasteiger partial charge < -0.3 is 9.88 Å². The van der Waals surface area contributed by atoms with Crippen LogP contribution in [-0.2, 0) is 13.6 Å². The van der Waals surface area contributed by atoms with Crippen molar-refractivity contribution in [3.8, 4) is 0 Å². The van der Waals surface area contributed by atoms with Crippen LogP contribution in [0.1, 0.15) is 27.3 Å². The topological polar surface area (TPSA) is 59.8 Å². The van der Waals surface area contributed by atoms with Crippen molar-refractivity contribution in [2.45, 2.75) is 20.4 Å². The Hall–Kier alpha value is -2.69. The van der Waals surface area contributed by atoms with E-state index in [9.17, 15) is 4.79 Å². The Bertz CT molecular complexity index is 851. The molecule has 22 heavy (non-hydrogen) atoms. The summed E-state index contributed by atoms with van der Waals surface area (Å²) in [7, 11) is 1.96. The van der Waals surface area contributed by atoms with E-state index in [0.717, 1.165) is 28.0 Å². The molecule has 3 aromatic rings. The number of amides is 1. The molecule has 0 spiro atoms. The molecule has 0 atom stereocenters. The Labute approximate surface area is 129 Å². The van der Waals surface area contributed by atoms with Gasteiger partial charge in [-0.2, -0.15) is 0 Å². The zero-order chi connectivity index (χ0) is 15.7. The van der Waals surface area contributed by atoms with Gasteiger partial charge in [0, 0.05) is 31.5 Å². The van der Waals surface area contributed by atoms with Crippen LogP contribution in [0.5, 0.6) is 0 Å². The molecule has 0 saturated heterocycles. The Morgan fingerprint density at radius 1 is 1.14 bits per heavy atom. The first kappa shape index (κ1) is 14.3. The molecule has 5 nitrogen and oxygen atoms in total. The molecular formula is C17H18N4O. The summed E-state index contributed by atoms with van der Waals surface area (Å²) in [6.45, 7) is 4.36. The van der Waals surface area contributed by atoms with Crippen LogP contribution in [0.25, 0.3) is 11.0 Å². The Morgan fingerprint density at radius 2 is 1.86 bits per heavy atom. The fourth-order valence-corrected chi connectivity index (χ4v) is 2.32. The van der Waals surface area contributed by atoms with Crippen molar-refractivity contribution in [3.63, 3.8) is 0 Å². The molecule has 0 fully saturated rings. The van der Waals surface area contributed by atoms with Crippen molar-refractivity contribution in [1.29, 1.82) is 0 Å². The van der Waals surface area contributed by atoms with Gasteiger partial charge in [0.15, 0.2) is 0 Å². The zero-order valence-corrected chi connectivity index (χ0v) is 12.9. The highest BCUT2D eigenvalue weighted by Crippen LogP contribution is 2.14. The standard InChI is InChI=1S/C17H18N4O/c1-11-12(2)20-16-8-14(4-5-15(16)19-11)17(22)18-9-13-6-7-21(3)10-13/h4-8,10H,9H2,1-3H3,(H,18,22). The summed E-state index contributed by atoms with van der Waals surface area (Å²) >= 11 is 0. The second-order valence-corrected chi connectivity index (χ2v) is 5.47. The first-order valence-corrected chi connectivity index (χ1v) is 7.17. The monoisotopic (exact) mass is 294 g/mol. The van der Waals surface area contributed by atoms with Crippen LogP contribution in [0.15, 0.2) is 36.7 Å². The molecule has 0 bridgehead atoms. The van der Waals surface area contributed by atoms with E-state index in [1.54, 1.807) is 12.1 Å². The number of aromatic nitrogens is 3. The average molecular weight is 294 g/mol. The van der Waals surface area contributed by atoms with Gasteiger partial charge in [0.25, 0.3) is 5.91 Å². The third-order valence-electron chi connectivity index (χ3n) is 3.68. The van der Waals surface area contributed by atoms with Crippen molar-refractivity contribution < 1.29 is 4.79 Å². The molecule has 0 aliphatic carbocycles. The molecule has 1 amide bonds. The summed E-state index contributed by atoms with van der Waals surface area (Å²) in [5.41, 5.74) is 5.02. The Balaban J connectivity index is 1.80. The van der Waals surface area contributed by atoms with Crippen molar-refractivity contribution >= 4 is 16.9 Å². The van der Waals surface area contributed by atoms with Gasteiger partial charge in [-0.05, 0) is 43.7 Å². The number of rotatable bonds is 3. The average Bonchev–Trinajstić information content (AvgIpc) is 2.91. The first-order chi connectivity index (χ1) is 10.5. The molecule has 1 N–H and O–H groups in total. The van der Waals surface area contributed by atoms with Crippen molar-refractivity contribution in [2.24, 2.45) is 7.05 Å².